The maximum Gasteiger partial charge on any atom is 0.407 e. The van der Waals surface area contributed by atoms with Gasteiger partial charge in [-0.1, -0.05) is 80.1 Å². The van der Waals surface area contributed by atoms with Crippen molar-refractivity contribution in [3.8, 4) is 5.75 Å². The van der Waals surface area contributed by atoms with Gasteiger partial charge in [0, 0.05) is 32.0 Å². The highest BCUT2D eigenvalue weighted by Gasteiger charge is 2.35. The van der Waals surface area contributed by atoms with E-state index in [1.807, 2.05) is 85.8 Å². The Morgan fingerprint density at radius 1 is 0.939 bits per heavy atom. The van der Waals surface area contributed by atoms with Crippen LogP contribution in [0.4, 0.5) is 4.79 Å². The average Bonchev–Trinajstić information content (AvgIpc) is 3.43. The lowest BCUT2D eigenvalue weighted by Gasteiger charge is -2.28. The molecule has 2 aliphatic rings. The summed E-state index contributed by atoms with van der Waals surface area (Å²) in [5.41, 5.74) is 3.76. The number of aliphatic hydroxyl groups excluding tert-OH is 2. The normalized spacial score (nSPS) is 19.3. The second kappa shape index (κ2) is 18.7. The zero-order valence-electron chi connectivity index (χ0n) is 28.5. The maximum atomic E-state index is 14.0. The first-order chi connectivity index (χ1) is 23.9. The summed E-state index contributed by atoms with van der Waals surface area (Å²) in [6.07, 6.45) is 0.502. The molecular weight excluding hydrogens is 622 g/mol. The predicted molar refractivity (Wildman–Crippen MR) is 187 cm³/mol. The number of hydrogen-bond donors (Lipinski definition) is 4. The number of hydrogen-bond acceptors (Lipinski definition) is 8. The van der Waals surface area contributed by atoms with E-state index in [0.717, 1.165) is 73.7 Å². The highest BCUT2D eigenvalue weighted by atomic mass is 16.5. The molecular formula is C39H51N3O7. The van der Waals surface area contributed by atoms with E-state index >= 15 is 0 Å². The summed E-state index contributed by atoms with van der Waals surface area (Å²) in [6.45, 7) is 7.01. The van der Waals surface area contributed by atoms with E-state index in [9.17, 15) is 19.8 Å². The van der Waals surface area contributed by atoms with Gasteiger partial charge in [0.1, 0.15) is 12.4 Å². The van der Waals surface area contributed by atoms with Gasteiger partial charge in [0.15, 0.2) is 0 Å². The van der Waals surface area contributed by atoms with Crippen LogP contribution in [0.1, 0.15) is 54.5 Å². The van der Waals surface area contributed by atoms with Crippen molar-refractivity contribution in [1.82, 2.24) is 15.5 Å². The molecule has 5 rings (SSSR count). The molecule has 264 valence electrons. The van der Waals surface area contributed by atoms with E-state index in [0.29, 0.717) is 32.5 Å². The molecule has 2 amide bonds. The molecule has 1 aliphatic heterocycles. The number of nitrogens with zero attached hydrogens (tertiary/aromatic N) is 1. The third kappa shape index (κ3) is 11.0. The maximum absolute atomic E-state index is 14.0. The summed E-state index contributed by atoms with van der Waals surface area (Å²) in [5, 5.41) is 28.5. The number of carbonyl (C=O) groups excluding carboxylic acids is 2. The molecule has 10 nitrogen and oxygen atoms in total. The standard InChI is InChI=1S/C39H51N3O7/c1-2-3-20-49-39(46)40-34(25-28-9-5-4-6-10-28)35(43)27-31(38(45)41-37-33-12-8-7-11-30(33)26-36(37)44)24-29-13-15-32(16-14-29)48-23-19-42-17-21-47-22-18-42/h4-16,31,34-37,43-44H,2-3,17-27H2,1H3,(H,40,46)(H,41,45)/t31-,34+,35+,36-,37+/m1/s1. The van der Waals surface area contributed by atoms with Crippen molar-refractivity contribution in [3.05, 3.63) is 101 Å². The number of morpholine rings is 1. The number of fused-ring (bicyclic) bond motifs is 1. The lowest BCUT2D eigenvalue weighted by Crippen LogP contribution is -2.47. The van der Waals surface area contributed by atoms with Gasteiger partial charge in [-0.3, -0.25) is 9.69 Å². The molecule has 1 heterocycles. The Labute approximate surface area is 289 Å². The van der Waals surface area contributed by atoms with Crippen LogP contribution in [0.2, 0.25) is 0 Å². The fourth-order valence-corrected chi connectivity index (χ4v) is 6.54. The Bertz CT molecular complexity index is 1450. The molecule has 4 N–H and O–H groups in total. The van der Waals surface area contributed by atoms with Crippen molar-refractivity contribution in [3.63, 3.8) is 0 Å². The lowest BCUT2D eigenvalue weighted by atomic mass is 9.88. The first-order valence-electron chi connectivity index (χ1n) is 17.6. The van der Waals surface area contributed by atoms with Crippen molar-refractivity contribution in [1.29, 1.82) is 0 Å². The minimum atomic E-state index is -1.06. The van der Waals surface area contributed by atoms with Gasteiger partial charge < -0.3 is 35.1 Å². The van der Waals surface area contributed by atoms with Gasteiger partial charge in [-0.2, -0.15) is 0 Å². The predicted octanol–water partition coefficient (Wildman–Crippen LogP) is 4.22. The molecule has 5 atom stereocenters. The Balaban J connectivity index is 1.29. The summed E-state index contributed by atoms with van der Waals surface area (Å²) in [5.74, 6) is -0.175. The van der Waals surface area contributed by atoms with Crippen LogP contribution in [0.5, 0.6) is 5.75 Å². The van der Waals surface area contributed by atoms with Crippen LogP contribution in [-0.4, -0.2) is 91.4 Å². The van der Waals surface area contributed by atoms with E-state index in [1.165, 1.54) is 0 Å². The first-order valence-corrected chi connectivity index (χ1v) is 17.6. The highest BCUT2D eigenvalue weighted by Crippen LogP contribution is 2.32. The Kier molecular flexibility index (Phi) is 13.9. The second-order valence-electron chi connectivity index (χ2n) is 13.0. The molecule has 0 radical (unpaired) electrons. The van der Waals surface area contributed by atoms with Crippen LogP contribution >= 0.6 is 0 Å². The molecule has 49 heavy (non-hydrogen) atoms. The zero-order valence-corrected chi connectivity index (χ0v) is 28.5. The molecule has 0 unspecified atom stereocenters. The topological polar surface area (TPSA) is 130 Å². The molecule has 0 saturated carbocycles. The average molecular weight is 674 g/mol. The van der Waals surface area contributed by atoms with Gasteiger partial charge in [-0.05, 0) is 60.1 Å². The number of alkyl carbamates (subject to hydrolysis) is 1. The van der Waals surface area contributed by atoms with E-state index in [-0.39, 0.29) is 12.3 Å². The van der Waals surface area contributed by atoms with Crippen LogP contribution in [0.3, 0.4) is 0 Å². The number of unbranched alkanes of at least 4 members (excludes halogenated alkanes) is 1. The molecule has 10 heteroatoms. The minimum Gasteiger partial charge on any atom is -0.492 e. The SMILES string of the molecule is CCCCOC(=O)N[C@@H](Cc1ccccc1)[C@@H](O)C[C@@H](Cc1ccc(OCCN2CCOCC2)cc1)C(=O)N[C@H]1c2ccccc2C[C@H]1O. The van der Waals surface area contributed by atoms with Gasteiger partial charge in [-0.25, -0.2) is 4.79 Å². The van der Waals surface area contributed by atoms with Crippen LogP contribution in [0.25, 0.3) is 0 Å². The van der Waals surface area contributed by atoms with Crippen LogP contribution in [-0.2, 0) is 33.5 Å². The number of nitrogens with one attached hydrogen (secondary N) is 2. The molecule has 3 aromatic rings. The lowest BCUT2D eigenvalue weighted by molar-refractivity contribution is -0.127. The smallest absolute Gasteiger partial charge is 0.407 e. The number of aliphatic hydroxyl groups is 2. The number of rotatable bonds is 17. The molecule has 0 aromatic heterocycles. The van der Waals surface area contributed by atoms with Crippen LogP contribution < -0.4 is 15.4 Å². The number of ether oxygens (including phenoxy) is 3. The van der Waals surface area contributed by atoms with Gasteiger partial charge in [0.2, 0.25) is 5.91 Å². The number of benzene rings is 3. The van der Waals surface area contributed by atoms with E-state index in [2.05, 4.69) is 15.5 Å². The number of carbonyl (C=O) groups is 2. The monoisotopic (exact) mass is 673 g/mol. The zero-order chi connectivity index (χ0) is 34.4. The van der Waals surface area contributed by atoms with E-state index in [1.54, 1.807) is 0 Å². The largest absolute Gasteiger partial charge is 0.492 e. The fraction of sp³-hybridized carbons (Fsp3) is 0.487. The summed E-state index contributed by atoms with van der Waals surface area (Å²) < 4.78 is 16.8. The van der Waals surface area contributed by atoms with E-state index < -0.39 is 36.3 Å². The number of amides is 2. The summed E-state index contributed by atoms with van der Waals surface area (Å²) in [6, 6.07) is 23.8. The quantitative estimate of drug-likeness (QED) is 0.157. The molecule has 3 aromatic carbocycles. The molecule has 1 fully saturated rings. The Morgan fingerprint density at radius 3 is 2.41 bits per heavy atom. The first kappa shape index (κ1) is 36.3. The van der Waals surface area contributed by atoms with E-state index in [4.69, 9.17) is 14.2 Å². The van der Waals surface area contributed by atoms with Crippen molar-refractivity contribution in [2.24, 2.45) is 5.92 Å². The molecule has 0 spiro atoms. The van der Waals surface area contributed by atoms with Crippen LogP contribution in [0, 0.1) is 5.92 Å². The van der Waals surface area contributed by atoms with Crippen molar-refractivity contribution in [2.45, 2.75) is 69.7 Å². The van der Waals surface area contributed by atoms with Gasteiger partial charge >= 0.3 is 6.09 Å². The summed E-state index contributed by atoms with van der Waals surface area (Å²) in [7, 11) is 0. The second-order valence-corrected chi connectivity index (χ2v) is 13.0. The van der Waals surface area contributed by atoms with Crippen molar-refractivity contribution < 1.29 is 34.0 Å². The molecule has 0 bridgehead atoms. The van der Waals surface area contributed by atoms with Gasteiger partial charge in [0.25, 0.3) is 0 Å². The highest BCUT2D eigenvalue weighted by molar-refractivity contribution is 5.80. The van der Waals surface area contributed by atoms with Gasteiger partial charge in [0.05, 0.1) is 44.1 Å². The summed E-state index contributed by atoms with van der Waals surface area (Å²) in [4.78, 5) is 29.1. The van der Waals surface area contributed by atoms with Crippen molar-refractivity contribution >= 4 is 12.0 Å². The minimum absolute atomic E-state index is 0.0842. The fourth-order valence-electron chi connectivity index (χ4n) is 6.54. The Hall–Kier alpha value is -3.96. The van der Waals surface area contributed by atoms with Crippen LogP contribution in [0.15, 0.2) is 78.9 Å². The third-order valence-corrected chi connectivity index (χ3v) is 9.38. The molecule has 1 aliphatic carbocycles. The van der Waals surface area contributed by atoms with Crippen molar-refractivity contribution in [2.75, 3.05) is 46.1 Å². The van der Waals surface area contributed by atoms with Gasteiger partial charge in [-0.15, -0.1) is 0 Å². The summed E-state index contributed by atoms with van der Waals surface area (Å²) >= 11 is 0. The Morgan fingerprint density at radius 2 is 1.65 bits per heavy atom. The molecule has 1 saturated heterocycles. The third-order valence-electron chi connectivity index (χ3n) is 9.38.